The molecule has 0 bridgehead atoms. The summed E-state index contributed by atoms with van der Waals surface area (Å²) in [5, 5.41) is 3.61. The summed E-state index contributed by atoms with van der Waals surface area (Å²) in [6, 6.07) is 7.60. The number of nitrogens with zero attached hydrogens (tertiary/aromatic N) is 2. The summed E-state index contributed by atoms with van der Waals surface area (Å²) in [5.41, 5.74) is 4.12. The van der Waals surface area contributed by atoms with Gasteiger partial charge in [-0.15, -0.1) is 0 Å². The van der Waals surface area contributed by atoms with Gasteiger partial charge in [-0.2, -0.15) is 0 Å². The molecule has 3 heteroatoms. The highest BCUT2D eigenvalue weighted by Gasteiger charge is 2.36. The molecule has 0 radical (unpaired) electrons. The molecular formula is C24H37N3. The van der Waals surface area contributed by atoms with Crippen LogP contribution in [0.1, 0.15) is 63.4 Å². The van der Waals surface area contributed by atoms with Gasteiger partial charge >= 0.3 is 0 Å². The monoisotopic (exact) mass is 367 g/mol. The smallest absolute Gasteiger partial charge is 0.0880 e. The average molecular weight is 368 g/mol. The van der Waals surface area contributed by atoms with Crippen LogP contribution in [0.4, 0.5) is 11.4 Å². The maximum atomic E-state index is 3.61. The molecule has 3 unspecified atom stereocenters. The van der Waals surface area contributed by atoms with Gasteiger partial charge in [0.15, 0.2) is 0 Å². The van der Waals surface area contributed by atoms with Crippen LogP contribution in [0.15, 0.2) is 18.2 Å². The lowest BCUT2D eigenvalue weighted by molar-refractivity contribution is 0.0647. The molecule has 2 heterocycles. The minimum Gasteiger partial charge on any atom is -0.366 e. The van der Waals surface area contributed by atoms with Crippen molar-refractivity contribution in [2.24, 2.45) is 17.8 Å². The zero-order chi connectivity index (χ0) is 18.2. The fraction of sp³-hybridized carbons (Fsp3) is 0.750. The summed E-state index contributed by atoms with van der Waals surface area (Å²) >= 11 is 0. The van der Waals surface area contributed by atoms with Crippen LogP contribution in [0, 0.1) is 24.7 Å². The number of benzene rings is 1. The Morgan fingerprint density at radius 3 is 2.67 bits per heavy atom. The van der Waals surface area contributed by atoms with Crippen LogP contribution in [-0.2, 0) is 0 Å². The van der Waals surface area contributed by atoms with E-state index in [1.807, 2.05) is 0 Å². The van der Waals surface area contributed by atoms with Gasteiger partial charge in [0, 0.05) is 25.7 Å². The van der Waals surface area contributed by atoms with Gasteiger partial charge in [-0.3, -0.25) is 0 Å². The highest BCUT2D eigenvalue weighted by atomic mass is 15.3. The maximum Gasteiger partial charge on any atom is 0.0880 e. The van der Waals surface area contributed by atoms with E-state index < -0.39 is 0 Å². The second-order valence-electron chi connectivity index (χ2n) is 9.76. The molecule has 2 aliphatic carbocycles. The first-order chi connectivity index (χ1) is 13.3. The van der Waals surface area contributed by atoms with Crippen molar-refractivity contribution in [3.05, 3.63) is 23.8 Å². The predicted octanol–water partition coefficient (Wildman–Crippen LogP) is 5.26. The average Bonchev–Trinajstić information content (AvgIpc) is 3.12. The van der Waals surface area contributed by atoms with Gasteiger partial charge in [-0.05, 0) is 68.1 Å². The quantitative estimate of drug-likeness (QED) is 0.786. The zero-order valence-corrected chi connectivity index (χ0v) is 17.1. The third-order valence-corrected chi connectivity index (χ3v) is 8.12. The van der Waals surface area contributed by atoms with Crippen molar-refractivity contribution in [1.82, 2.24) is 4.90 Å². The molecule has 2 aliphatic heterocycles. The lowest BCUT2D eigenvalue weighted by atomic mass is 9.65. The highest BCUT2D eigenvalue weighted by Crippen LogP contribution is 2.44. The molecule has 3 atom stereocenters. The van der Waals surface area contributed by atoms with E-state index in [0.29, 0.717) is 6.04 Å². The van der Waals surface area contributed by atoms with Crippen LogP contribution in [-0.4, -0.2) is 37.2 Å². The Labute approximate surface area is 165 Å². The summed E-state index contributed by atoms with van der Waals surface area (Å²) in [4.78, 5) is 5.45. The van der Waals surface area contributed by atoms with Crippen molar-refractivity contribution in [2.75, 3.05) is 36.5 Å². The van der Waals surface area contributed by atoms with Gasteiger partial charge in [-0.1, -0.05) is 38.2 Å². The van der Waals surface area contributed by atoms with Crippen LogP contribution in [0.2, 0.25) is 0 Å². The molecule has 27 heavy (non-hydrogen) atoms. The van der Waals surface area contributed by atoms with Crippen LogP contribution in [0.3, 0.4) is 0 Å². The summed E-state index contributed by atoms with van der Waals surface area (Å²) < 4.78 is 0. The fourth-order valence-electron chi connectivity index (χ4n) is 6.67. The number of likely N-dealkylation sites (tertiary alicyclic amines) is 1. The van der Waals surface area contributed by atoms with Crippen molar-refractivity contribution < 1.29 is 0 Å². The number of hydrogen-bond donors (Lipinski definition) is 1. The highest BCUT2D eigenvalue weighted by molar-refractivity contribution is 5.75. The second-order valence-corrected chi connectivity index (χ2v) is 9.76. The van der Waals surface area contributed by atoms with Gasteiger partial charge in [-0.25, -0.2) is 0 Å². The lowest BCUT2D eigenvalue weighted by Gasteiger charge is -2.45. The number of fused-ring (bicyclic) bond motifs is 2. The van der Waals surface area contributed by atoms with E-state index in [1.165, 1.54) is 94.4 Å². The van der Waals surface area contributed by atoms with Crippen LogP contribution >= 0.6 is 0 Å². The molecule has 1 saturated heterocycles. The molecule has 1 aromatic carbocycles. The Hall–Kier alpha value is -1.22. The fourth-order valence-corrected chi connectivity index (χ4v) is 6.67. The second kappa shape index (κ2) is 7.66. The molecule has 4 aliphatic rings. The topological polar surface area (TPSA) is 18.5 Å². The standard InChI is InChI=1S/C24H37N3/c1-18-9-10-24-23(15-18)25-17-27(24)21-11-13-26(14-12-21)16-20-7-4-6-19-5-2-3-8-22(19)20/h9-10,15,19-22,25H,2-8,11-14,16-17H2,1H3. The molecule has 5 rings (SSSR count). The van der Waals surface area contributed by atoms with E-state index >= 15 is 0 Å². The Morgan fingerprint density at radius 2 is 1.78 bits per heavy atom. The summed E-state index contributed by atoms with van der Waals surface area (Å²) in [6.07, 6.45) is 13.3. The molecule has 0 aromatic heterocycles. The Morgan fingerprint density at radius 1 is 0.963 bits per heavy atom. The molecule has 1 aromatic rings. The molecule has 0 spiro atoms. The van der Waals surface area contributed by atoms with Gasteiger partial charge in [0.2, 0.25) is 0 Å². The minimum absolute atomic E-state index is 0.714. The summed E-state index contributed by atoms with van der Waals surface area (Å²) in [7, 11) is 0. The number of anilines is 2. The third-order valence-electron chi connectivity index (χ3n) is 8.12. The van der Waals surface area contributed by atoms with Crippen molar-refractivity contribution in [1.29, 1.82) is 0 Å². The molecule has 1 N–H and O–H groups in total. The Bertz CT molecular complexity index is 647. The van der Waals surface area contributed by atoms with Crippen molar-refractivity contribution >= 4 is 11.4 Å². The number of hydrogen-bond acceptors (Lipinski definition) is 3. The van der Waals surface area contributed by atoms with Crippen LogP contribution in [0.5, 0.6) is 0 Å². The first-order valence-corrected chi connectivity index (χ1v) is 11.6. The summed E-state index contributed by atoms with van der Waals surface area (Å²) in [6.45, 7) is 7.18. The normalized spacial score (nSPS) is 32.0. The van der Waals surface area contributed by atoms with Gasteiger partial charge in [0.1, 0.15) is 0 Å². The zero-order valence-electron chi connectivity index (χ0n) is 17.1. The molecule has 2 saturated carbocycles. The van der Waals surface area contributed by atoms with Gasteiger partial charge in [0.05, 0.1) is 18.0 Å². The number of nitrogens with one attached hydrogen (secondary N) is 1. The SMILES string of the molecule is Cc1ccc2c(c1)NCN2C1CCN(CC2CCCC3CCCCC32)CC1. The first kappa shape index (κ1) is 17.8. The first-order valence-electron chi connectivity index (χ1n) is 11.6. The van der Waals surface area contributed by atoms with E-state index in [1.54, 1.807) is 0 Å². The van der Waals surface area contributed by atoms with E-state index in [9.17, 15) is 0 Å². The summed E-state index contributed by atoms with van der Waals surface area (Å²) in [5.74, 6) is 3.13. The Kier molecular flexibility index (Phi) is 5.06. The molecule has 0 amide bonds. The van der Waals surface area contributed by atoms with Crippen molar-refractivity contribution in [2.45, 2.75) is 70.8 Å². The molecule has 3 fully saturated rings. The molecule has 148 valence electrons. The number of rotatable bonds is 3. The lowest BCUT2D eigenvalue weighted by Crippen LogP contribution is -2.47. The predicted molar refractivity (Wildman–Crippen MR) is 114 cm³/mol. The largest absolute Gasteiger partial charge is 0.366 e. The molecular weight excluding hydrogens is 330 g/mol. The van der Waals surface area contributed by atoms with Gasteiger partial charge in [0.25, 0.3) is 0 Å². The van der Waals surface area contributed by atoms with Crippen LogP contribution < -0.4 is 10.2 Å². The maximum absolute atomic E-state index is 3.61. The van der Waals surface area contributed by atoms with Gasteiger partial charge < -0.3 is 15.1 Å². The van der Waals surface area contributed by atoms with E-state index in [-0.39, 0.29) is 0 Å². The number of aryl methyl sites for hydroxylation is 1. The third kappa shape index (κ3) is 3.60. The Balaban J connectivity index is 1.17. The van der Waals surface area contributed by atoms with E-state index in [0.717, 1.165) is 24.4 Å². The van der Waals surface area contributed by atoms with Crippen LogP contribution in [0.25, 0.3) is 0 Å². The van der Waals surface area contributed by atoms with Crippen molar-refractivity contribution in [3.8, 4) is 0 Å². The minimum atomic E-state index is 0.714. The molecule has 3 nitrogen and oxygen atoms in total. The van der Waals surface area contributed by atoms with E-state index in [2.05, 4.69) is 40.2 Å². The van der Waals surface area contributed by atoms with Crippen molar-refractivity contribution in [3.63, 3.8) is 0 Å². The van der Waals surface area contributed by atoms with E-state index in [4.69, 9.17) is 0 Å². The number of piperidine rings is 1.